The molecule has 2 rings (SSSR count). The van der Waals surface area contributed by atoms with Gasteiger partial charge in [-0.05, 0) is 62.6 Å². The normalized spacial score (nSPS) is 16.3. The fourth-order valence-electron chi connectivity index (χ4n) is 4.36. The number of piperidine rings is 1. The lowest BCUT2D eigenvalue weighted by molar-refractivity contribution is -0.135. The average Bonchev–Trinajstić information content (AvgIpc) is 2.74. The number of carbonyl (C=O) groups is 3. The first-order valence-electron chi connectivity index (χ1n) is 12.3. The third-order valence-corrected chi connectivity index (χ3v) is 5.96. The fraction of sp³-hybridized carbons (Fsp3) is 0.654. The Hall–Kier alpha value is -2.21. The molecule has 1 aliphatic rings. The fourth-order valence-corrected chi connectivity index (χ4v) is 4.36. The molecule has 0 spiro atoms. The van der Waals surface area contributed by atoms with Gasteiger partial charge in [-0.1, -0.05) is 45.7 Å². The summed E-state index contributed by atoms with van der Waals surface area (Å²) in [4.78, 5) is 38.6. The van der Waals surface area contributed by atoms with Crippen molar-refractivity contribution in [2.24, 2.45) is 0 Å². The zero-order chi connectivity index (χ0) is 23.5. The van der Waals surface area contributed by atoms with Crippen LogP contribution in [-0.4, -0.2) is 36.5 Å². The number of ether oxygens (including phenoxy) is 1. The number of amides is 3. The molecule has 1 fully saturated rings. The Morgan fingerprint density at radius 3 is 2.47 bits per heavy atom. The van der Waals surface area contributed by atoms with Gasteiger partial charge in [0.1, 0.15) is 6.04 Å². The summed E-state index contributed by atoms with van der Waals surface area (Å²) in [5.41, 5.74) is 2.92. The molecule has 1 atom stereocenters. The predicted molar refractivity (Wildman–Crippen MR) is 128 cm³/mol. The second kappa shape index (κ2) is 13.4. The van der Waals surface area contributed by atoms with Crippen molar-refractivity contribution in [1.82, 2.24) is 5.32 Å². The number of benzene rings is 1. The number of nitrogens with one attached hydrogen (secondary N) is 1. The molecule has 1 aromatic rings. The molecule has 0 aliphatic carbocycles. The monoisotopic (exact) mass is 444 g/mol. The Kier molecular flexibility index (Phi) is 10.9. The maximum Gasteiger partial charge on any atom is 0.249 e. The third-order valence-electron chi connectivity index (χ3n) is 5.96. The summed E-state index contributed by atoms with van der Waals surface area (Å²) in [6, 6.07) is 5.44. The first-order chi connectivity index (χ1) is 15.4. The second-order valence-electron chi connectivity index (χ2n) is 8.78. The highest BCUT2D eigenvalue weighted by molar-refractivity contribution is 6.07. The molecule has 1 heterocycles. The summed E-state index contributed by atoms with van der Waals surface area (Å²) in [6.45, 7) is 9.07. The SMILES string of the molecule is CCCC(=O)N(c1ccc(CCCOC(CCC)CCC)cc1C)C1CCC(=O)NC1=O. The molecule has 1 unspecified atom stereocenters. The Bertz CT molecular complexity index is 771. The molecule has 6 heteroatoms. The minimum absolute atomic E-state index is 0.0795. The number of anilines is 1. The number of carbonyl (C=O) groups excluding carboxylic acids is 3. The number of rotatable bonds is 13. The Labute approximate surface area is 193 Å². The van der Waals surface area contributed by atoms with Crippen LogP contribution in [0.4, 0.5) is 5.69 Å². The molecule has 0 bridgehead atoms. The number of hydrogen-bond donors (Lipinski definition) is 1. The molecular weight excluding hydrogens is 404 g/mol. The molecule has 1 aromatic carbocycles. The van der Waals surface area contributed by atoms with Gasteiger partial charge in [-0.15, -0.1) is 0 Å². The van der Waals surface area contributed by atoms with Crippen LogP contribution in [0.2, 0.25) is 0 Å². The largest absolute Gasteiger partial charge is 0.378 e. The van der Waals surface area contributed by atoms with E-state index in [0.717, 1.165) is 56.4 Å². The van der Waals surface area contributed by atoms with E-state index in [4.69, 9.17) is 4.74 Å². The molecule has 0 radical (unpaired) electrons. The zero-order valence-corrected chi connectivity index (χ0v) is 20.2. The zero-order valence-electron chi connectivity index (χ0n) is 20.2. The minimum atomic E-state index is -0.640. The molecule has 0 saturated carbocycles. The number of aryl methyl sites for hydroxylation is 2. The Morgan fingerprint density at radius 1 is 1.16 bits per heavy atom. The van der Waals surface area contributed by atoms with Crippen LogP contribution in [0, 0.1) is 6.92 Å². The van der Waals surface area contributed by atoms with E-state index in [2.05, 4.69) is 25.2 Å². The first kappa shape index (κ1) is 26.0. The molecule has 1 N–H and O–H groups in total. The van der Waals surface area contributed by atoms with E-state index in [9.17, 15) is 14.4 Å². The maximum atomic E-state index is 12.9. The number of hydrogen-bond acceptors (Lipinski definition) is 4. The maximum absolute atomic E-state index is 12.9. The van der Waals surface area contributed by atoms with Crippen molar-refractivity contribution in [2.75, 3.05) is 11.5 Å². The van der Waals surface area contributed by atoms with Gasteiger partial charge in [0.2, 0.25) is 17.7 Å². The van der Waals surface area contributed by atoms with Crippen LogP contribution in [0.3, 0.4) is 0 Å². The summed E-state index contributed by atoms with van der Waals surface area (Å²) in [7, 11) is 0. The topological polar surface area (TPSA) is 75.7 Å². The summed E-state index contributed by atoms with van der Waals surface area (Å²) in [5, 5.41) is 2.38. The van der Waals surface area contributed by atoms with Crippen molar-refractivity contribution in [1.29, 1.82) is 0 Å². The van der Waals surface area contributed by atoms with E-state index in [-0.39, 0.29) is 24.1 Å². The van der Waals surface area contributed by atoms with Crippen LogP contribution < -0.4 is 10.2 Å². The van der Waals surface area contributed by atoms with Crippen molar-refractivity contribution in [2.45, 2.75) is 104 Å². The number of nitrogens with zero attached hydrogens (tertiary/aromatic N) is 1. The van der Waals surface area contributed by atoms with E-state index in [1.54, 1.807) is 4.90 Å². The standard InChI is InChI=1S/C26H40N2O4/c1-5-9-21(10-6-2)32-17-8-12-20-13-14-22(19(4)18-20)28(25(30)11-7-3)23-15-16-24(29)27-26(23)31/h13-14,18,21,23H,5-12,15-17H2,1-4H3,(H,27,29,31). The van der Waals surface area contributed by atoms with E-state index < -0.39 is 6.04 Å². The predicted octanol–water partition coefficient (Wildman–Crippen LogP) is 4.85. The van der Waals surface area contributed by atoms with Gasteiger partial charge >= 0.3 is 0 Å². The van der Waals surface area contributed by atoms with Gasteiger partial charge in [0.25, 0.3) is 0 Å². The molecule has 1 saturated heterocycles. The molecule has 178 valence electrons. The Morgan fingerprint density at radius 2 is 1.88 bits per heavy atom. The van der Waals surface area contributed by atoms with Crippen molar-refractivity contribution in [3.8, 4) is 0 Å². The summed E-state index contributed by atoms with van der Waals surface area (Å²) in [6.07, 6.45) is 8.42. The van der Waals surface area contributed by atoms with Crippen LogP contribution >= 0.6 is 0 Å². The van der Waals surface area contributed by atoms with Crippen LogP contribution in [-0.2, 0) is 25.5 Å². The third kappa shape index (κ3) is 7.44. The molecule has 1 aliphatic heterocycles. The van der Waals surface area contributed by atoms with Gasteiger partial charge in [-0.3, -0.25) is 24.6 Å². The lowest BCUT2D eigenvalue weighted by Crippen LogP contribution is -2.54. The smallest absolute Gasteiger partial charge is 0.249 e. The van der Waals surface area contributed by atoms with E-state index in [1.165, 1.54) is 5.56 Å². The molecule has 6 nitrogen and oxygen atoms in total. The lowest BCUT2D eigenvalue weighted by atomic mass is 9.99. The van der Waals surface area contributed by atoms with E-state index in [0.29, 0.717) is 25.4 Å². The molecule has 32 heavy (non-hydrogen) atoms. The minimum Gasteiger partial charge on any atom is -0.378 e. The van der Waals surface area contributed by atoms with Crippen molar-refractivity contribution < 1.29 is 19.1 Å². The summed E-state index contributed by atoms with van der Waals surface area (Å²) < 4.78 is 6.07. The lowest BCUT2D eigenvalue weighted by Gasteiger charge is -2.34. The highest BCUT2D eigenvalue weighted by Gasteiger charge is 2.35. The molecule has 0 aromatic heterocycles. The highest BCUT2D eigenvalue weighted by Crippen LogP contribution is 2.28. The van der Waals surface area contributed by atoms with Gasteiger partial charge < -0.3 is 4.74 Å². The molecular formula is C26H40N2O4. The van der Waals surface area contributed by atoms with E-state index >= 15 is 0 Å². The quantitative estimate of drug-likeness (QED) is 0.348. The van der Waals surface area contributed by atoms with Gasteiger partial charge in [-0.25, -0.2) is 0 Å². The van der Waals surface area contributed by atoms with Gasteiger partial charge in [-0.2, -0.15) is 0 Å². The van der Waals surface area contributed by atoms with Gasteiger partial charge in [0, 0.05) is 25.1 Å². The first-order valence-corrected chi connectivity index (χ1v) is 12.3. The highest BCUT2D eigenvalue weighted by atomic mass is 16.5. The van der Waals surface area contributed by atoms with Crippen LogP contribution in [0.15, 0.2) is 18.2 Å². The second-order valence-corrected chi connectivity index (χ2v) is 8.78. The Balaban J connectivity index is 2.07. The summed E-state index contributed by atoms with van der Waals surface area (Å²) >= 11 is 0. The van der Waals surface area contributed by atoms with Gasteiger partial charge in [0.05, 0.1) is 6.10 Å². The summed E-state index contributed by atoms with van der Waals surface area (Å²) in [5.74, 6) is -0.743. The van der Waals surface area contributed by atoms with Crippen LogP contribution in [0.5, 0.6) is 0 Å². The molecule has 3 amide bonds. The van der Waals surface area contributed by atoms with Crippen LogP contribution in [0.25, 0.3) is 0 Å². The average molecular weight is 445 g/mol. The van der Waals surface area contributed by atoms with Crippen LogP contribution in [0.1, 0.15) is 89.7 Å². The van der Waals surface area contributed by atoms with Crippen molar-refractivity contribution in [3.05, 3.63) is 29.3 Å². The van der Waals surface area contributed by atoms with E-state index in [1.807, 2.05) is 26.0 Å². The number of imide groups is 1. The van der Waals surface area contributed by atoms with Crippen molar-refractivity contribution >= 4 is 23.4 Å². The van der Waals surface area contributed by atoms with Crippen molar-refractivity contribution in [3.63, 3.8) is 0 Å². The van der Waals surface area contributed by atoms with Gasteiger partial charge in [0.15, 0.2) is 0 Å².